The number of rotatable bonds is 3. The molecule has 4 fully saturated rings. The third kappa shape index (κ3) is 1.76. The normalized spacial score (nSPS) is 42.1. The molecule has 0 radical (unpaired) electrons. The van der Waals surface area contributed by atoms with Crippen LogP contribution in [0.5, 0.6) is 0 Å². The second kappa shape index (κ2) is 3.92. The summed E-state index contributed by atoms with van der Waals surface area (Å²) in [5.74, 6) is 2.83. The second-order valence-corrected chi connectivity index (χ2v) is 7.95. The molecule has 0 aromatic carbocycles. The quantitative estimate of drug-likeness (QED) is 0.850. The van der Waals surface area contributed by atoms with E-state index in [-0.39, 0.29) is 5.41 Å². The molecular weight excluding hydrogens is 250 g/mol. The Morgan fingerprint density at radius 1 is 1.35 bits per heavy atom. The van der Waals surface area contributed by atoms with E-state index >= 15 is 0 Å². The van der Waals surface area contributed by atoms with Crippen LogP contribution in [0, 0.1) is 22.7 Å². The predicted octanol–water partition coefficient (Wildman–Crippen LogP) is 2.53. The number of aryl methyl sites for hydroxylation is 1. The van der Waals surface area contributed by atoms with Crippen LogP contribution in [0.3, 0.4) is 0 Å². The van der Waals surface area contributed by atoms with Crippen LogP contribution >= 0.6 is 0 Å². The van der Waals surface area contributed by atoms with E-state index in [2.05, 4.69) is 17.0 Å². The first-order chi connectivity index (χ1) is 9.48. The SMILES string of the molecule is Cn1ncnc1CC(=O)C12CC3CC(CC(C)(C3)C1)C2. The summed E-state index contributed by atoms with van der Waals surface area (Å²) in [7, 11) is 1.87. The summed E-state index contributed by atoms with van der Waals surface area (Å²) in [6, 6.07) is 0. The molecule has 0 aliphatic heterocycles. The van der Waals surface area contributed by atoms with Crippen LogP contribution in [0.25, 0.3) is 0 Å². The minimum atomic E-state index is -0.0369. The molecule has 0 amide bonds. The zero-order valence-corrected chi connectivity index (χ0v) is 12.4. The zero-order chi connectivity index (χ0) is 14.0. The summed E-state index contributed by atoms with van der Waals surface area (Å²) in [5.41, 5.74) is 0.393. The molecule has 1 aromatic rings. The minimum absolute atomic E-state index is 0.0369. The number of nitrogens with zero attached hydrogens (tertiary/aromatic N) is 3. The number of carbonyl (C=O) groups is 1. The number of hydrogen-bond acceptors (Lipinski definition) is 3. The lowest BCUT2D eigenvalue weighted by molar-refractivity contribution is -0.152. The largest absolute Gasteiger partial charge is 0.299 e. The van der Waals surface area contributed by atoms with Gasteiger partial charge in [0.2, 0.25) is 0 Å². The van der Waals surface area contributed by atoms with E-state index in [1.807, 2.05) is 7.05 Å². The summed E-state index contributed by atoms with van der Waals surface area (Å²) in [5, 5.41) is 4.08. The molecule has 0 spiro atoms. The highest BCUT2D eigenvalue weighted by Crippen LogP contribution is 2.65. The molecule has 4 heteroatoms. The maximum Gasteiger partial charge on any atom is 0.146 e. The van der Waals surface area contributed by atoms with Crippen molar-refractivity contribution >= 4 is 5.78 Å². The molecule has 4 saturated carbocycles. The Morgan fingerprint density at radius 3 is 2.60 bits per heavy atom. The average Bonchev–Trinajstić information content (AvgIpc) is 2.71. The molecular formula is C16H23N3O. The van der Waals surface area contributed by atoms with Gasteiger partial charge in [-0.15, -0.1) is 0 Å². The maximum absolute atomic E-state index is 13.0. The molecule has 2 unspecified atom stereocenters. The highest BCUT2D eigenvalue weighted by molar-refractivity contribution is 5.86. The van der Waals surface area contributed by atoms with Crippen molar-refractivity contribution in [2.75, 3.05) is 0 Å². The Bertz CT molecular complexity index is 548. The summed E-state index contributed by atoms with van der Waals surface area (Å²) in [4.78, 5) is 17.2. The lowest BCUT2D eigenvalue weighted by Crippen LogP contribution is -2.54. The first kappa shape index (κ1) is 12.5. The van der Waals surface area contributed by atoms with Gasteiger partial charge in [-0.3, -0.25) is 9.48 Å². The number of carbonyl (C=O) groups excluding carboxylic acids is 1. The van der Waals surface area contributed by atoms with E-state index in [9.17, 15) is 4.79 Å². The van der Waals surface area contributed by atoms with Gasteiger partial charge in [-0.1, -0.05) is 6.92 Å². The van der Waals surface area contributed by atoms with E-state index in [0.29, 0.717) is 17.6 Å². The van der Waals surface area contributed by atoms with Gasteiger partial charge in [-0.05, 0) is 55.8 Å². The molecule has 2 atom stereocenters. The van der Waals surface area contributed by atoms with Crippen molar-refractivity contribution in [1.82, 2.24) is 14.8 Å². The highest BCUT2D eigenvalue weighted by atomic mass is 16.1. The number of ketones is 1. The van der Waals surface area contributed by atoms with Crippen LogP contribution in [-0.4, -0.2) is 20.5 Å². The van der Waals surface area contributed by atoms with E-state index in [1.165, 1.54) is 19.3 Å². The van der Waals surface area contributed by atoms with Crippen molar-refractivity contribution in [2.45, 2.75) is 51.9 Å². The van der Waals surface area contributed by atoms with Gasteiger partial charge < -0.3 is 0 Å². The minimum Gasteiger partial charge on any atom is -0.299 e. The fraction of sp³-hybridized carbons (Fsp3) is 0.812. The van der Waals surface area contributed by atoms with Gasteiger partial charge in [0.1, 0.15) is 17.9 Å². The third-order valence-electron chi connectivity index (χ3n) is 6.07. The Balaban J connectivity index is 1.61. The molecule has 4 aliphatic rings. The van der Waals surface area contributed by atoms with Gasteiger partial charge in [0.05, 0.1) is 6.42 Å². The fourth-order valence-electron chi connectivity index (χ4n) is 5.86. The fourth-order valence-corrected chi connectivity index (χ4v) is 5.86. The van der Waals surface area contributed by atoms with Crippen molar-refractivity contribution in [3.05, 3.63) is 12.2 Å². The first-order valence-corrected chi connectivity index (χ1v) is 7.84. The van der Waals surface area contributed by atoms with Gasteiger partial charge in [-0.25, -0.2) is 4.98 Å². The van der Waals surface area contributed by atoms with Crippen LogP contribution in [0.15, 0.2) is 6.33 Å². The lowest BCUT2D eigenvalue weighted by atomic mass is 9.43. The zero-order valence-electron chi connectivity index (χ0n) is 12.4. The predicted molar refractivity (Wildman–Crippen MR) is 74.9 cm³/mol. The van der Waals surface area contributed by atoms with E-state index in [0.717, 1.165) is 36.9 Å². The highest BCUT2D eigenvalue weighted by Gasteiger charge is 2.58. The van der Waals surface area contributed by atoms with E-state index in [4.69, 9.17) is 0 Å². The maximum atomic E-state index is 13.0. The topological polar surface area (TPSA) is 47.8 Å². The number of aromatic nitrogens is 3. The van der Waals surface area contributed by atoms with Crippen LogP contribution in [0.2, 0.25) is 0 Å². The molecule has 1 heterocycles. The lowest BCUT2D eigenvalue weighted by Gasteiger charge is -2.60. The molecule has 20 heavy (non-hydrogen) atoms. The van der Waals surface area contributed by atoms with Crippen molar-refractivity contribution in [1.29, 1.82) is 0 Å². The smallest absolute Gasteiger partial charge is 0.146 e. The number of hydrogen-bond donors (Lipinski definition) is 0. The van der Waals surface area contributed by atoms with Gasteiger partial charge in [0.15, 0.2) is 0 Å². The summed E-state index contributed by atoms with van der Waals surface area (Å²) in [6.45, 7) is 2.41. The molecule has 0 saturated heterocycles. The Kier molecular flexibility index (Phi) is 2.46. The van der Waals surface area contributed by atoms with Crippen molar-refractivity contribution in [2.24, 2.45) is 29.7 Å². The average molecular weight is 273 g/mol. The van der Waals surface area contributed by atoms with Crippen LogP contribution in [-0.2, 0) is 18.3 Å². The molecule has 108 valence electrons. The summed E-state index contributed by atoms with van der Waals surface area (Å²) >= 11 is 0. The monoisotopic (exact) mass is 273 g/mol. The van der Waals surface area contributed by atoms with Crippen LogP contribution in [0.4, 0.5) is 0 Å². The standard InChI is InChI=1S/C16H23N3O/c1-15-5-11-3-12(6-15)8-16(7-11,9-15)13(20)4-14-17-10-18-19(14)2/h10-12H,3-9H2,1-2H3. The first-order valence-electron chi connectivity index (χ1n) is 7.84. The molecule has 4 bridgehead atoms. The van der Waals surface area contributed by atoms with Crippen LogP contribution in [0.1, 0.15) is 51.3 Å². The van der Waals surface area contributed by atoms with Crippen molar-refractivity contribution in [3.8, 4) is 0 Å². The van der Waals surface area contributed by atoms with Gasteiger partial charge in [0, 0.05) is 12.5 Å². The Labute approximate surface area is 120 Å². The van der Waals surface area contributed by atoms with Gasteiger partial charge >= 0.3 is 0 Å². The third-order valence-corrected chi connectivity index (χ3v) is 6.07. The summed E-state index contributed by atoms with van der Waals surface area (Å²) < 4.78 is 1.74. The number of Topliss-reactive ketones (excluding diaryl/α,β-unsaturated/α-hetero) is 1. The van der Waals surface area contributed by atoms with Crippen molar-refractivity contribution < 1.29 is 4.79 Å². The van der Waals surface area contributed by atoms with Crippen LogP contribution < -0.4 is 0 Å². The van der Waals surface area contributed by atoms with E-state index < -0.39 is 0 Å². The molecule has 1 aromatic heterocycles. The molecule has 0 N–H and O–H groups in total. The van der Waals surface area contributed by atoms with Gasteiger partial charge in [-0.2, -0.15) is 5.10 Å². The Hall–Kier alpha value is -1.19. The molecule has 4 aliphatic carbocycles. The Morgan fingerprint density at radius 2 is 2.05 bits per heavy atom. The summed E-state index contributed by atoms with van der Waals surface area (Å²) in [6.07, 6.45) is 9.46. The van der Waals surface area contributed by atoms with E-state index in [1.54, 1.807) is 11.0 Å². The van der Waals surface area contributed by atoms with Gasteiger partial charge in [0.25, 0.3) is 0 Å². The molecule has 5 rings (SSSR count). The molecule has 4 nitrogen and oxygen atoms in total. The second-order valence-electron chi connectivity index (χ2n) is 7.95. The van der Waals surface area contributed by atoms with Crippen molar-refractivity contribution in [3.63, 3.8) is 0 Å².